The lowest BCUT2D eigenvalue weighted by Crippen LogP contribution is -2.38. The summed E-state index contributed by atoms with van der Waals surface area (Å²) in [5, 5.41) is 8.77. The van der Waals surface area contributed by atoms with Gasteiger partial charge in [0.15, 0.2) is 0 Å². The maximum Gasteiger partial charge on any atom is 0.211 e. The largest absolute Gasteiger partial charge is 0.213 e. The fourth-order valence-electron chi connectivity index (χ4n) is 2.35. The van der Waals surface area contributed by atoms with E-state index in [-0.39, 0.29) is 11.3 Å². The van der Waals surface area contributed by atoms with Crippen LogP contribution in [0, 0.1) is 22.7 Å². The third-order valence-electron chi connectivity index (χ3n) is 3.53. The SMILES string of the molecule is CS(=O)(=O)N1CCC2(CC1)C[C@@H]2C#N. The van der Waals surface area contributed by atoms with Gasteiger partial charge in [-0.15, -0.1) is 0 Å². The van der Waals surface area contributed by atoms with Crippen molar-refractivity contribution in [2.75, 3.05) is 19.3 Å². The average molecular weight is 214 g/mol. The molecule has 5 heteroatoms. The molecule has 1 aliphatic heterocycles. The normalized spacial score (nSPS) is 31.3. The van der Waals surface area contributed by atoms with Crippen LogP contribution in [0.3, 0.4) is 0 Å². The molecule has 78 valence electrons. The topological polar surface area (TPSA) is 61.2 Å². The quantitative estimate of drug-likeness (QED) is 0.641. The first-order valence-corrected chi connectivity index (χ1v) is 6.67. The molecule has 1 atom stereocenters. The second-order valence-electron chi connectivity index (χ2n) is 4.41. The zero-order valence-electron chi connectivity index (χ0n) is 8.23. The predicted octanol–water partition coefficient (Wildman–Crippen LogP) is 0.572. The van der Waals surface area contributed by atoms with Gasteiger partial charge in [-0.1, -0.05) is 0 Å². The molecular weight excluding hydrogens is 200 g/mol. The third-order valence-corrected chi connectivity index (χ3v) is 4.84. The summed E-state index contributed by atoms with van der Waals surface area (Å²) >= 11 is 0. The molecule has 0 radical (unpaired) electrons. The summed E-state index contributed by atoms with van der Waals surface area (Å²) in [7, 11) is -3.02. The molecule has 0 amide bonds. The van der Waals surface area contributed by atoms with Crippen LogP contribution >= 0.6 is 0 Å². The summed E-state index contributed by atoms with van der Waals surface area (Å²) in [5.74, 6) is 0.184. The molecule has 0 aromatic rings. The highest BCUT2D eigenvalue weighted by Crippen LogP contribution is 2.59. The van der Waals surface area contributed by atoms with Gasteiger partial charge in [-0.25, -0.2) is 12.7 Å². The highest BCUT2D eigenvalue weighted by Gasteiger charge is 2.55. The van der Waals surface area contributed by atoms with E-state index in [4.69, 9.17) is 5.26 Å². The van der Waals surface area contributed by atoms with Crippen LogP contribution in [-0.4, -0.2) is 32.1 Å². The van der Waals surface area contributed by atoms with E-state index < -0.39 is 10.0 Å². The maximum absolute atomic E-state index is 11.2. The van der Waals surface area contributed by atoms with Crippen LogP contribution < -0.4 is 0 Å². The monoisotopic (exact) mass is 214 g/mol. The molecule has 1 aliphatic carbocycles. The van der Waals surface area contributed by atoms with Crippen molar-refractivity contribution < 1.29 is 8.42 Å². The van der Waals surface area contributed by atoms with Crippen molar-refractivity contribution in [3.63, 3.8) is 0 Å². The summed E-state index contributed by atoms with van der Waals surface area (Å²) < 4.78 is 24.0. The van der Waals surface area contributed by atoms with Crippen molar-refractivity contribution >= 4 is 10.0 Å². The van der Waals surface area contributed by atoms with E-state index in [0.717, 1.165) is 19.3 Å². The zero-order chi connectivity index (χ0) is 10.4. The fourth-order valence-corrected chi connectivity index (χ4v) is 3.19. The predicted molar refractivity (Wildman–Crippen MR) is 51.8 cm³/mol. The van der Waals surface area contributed by atoms with Crippen LogP contribution in [0.25, 0.3) is 0 Å². The molecule has 4 nitrogen and oxygen atoms in total. The molecule has 2 rings (SSSR count). The fraction of sp³-hybridized carbons (Fsp3) is 0.889. The number of hydrogen-bond acceptors (Lipinski definition) is 3. The van der Waals surface area contributed by atoms with Crippen molar-refractivity contribution in [3.05, 3.63) is 0 Å². The zero-order valence-corrected chi connectivity index (χ0v) is 9.05. The van der Waals surface area contributed by atoms with E-state index in [1.807, 2.05) is 0 Å². The molecule has 0 bridgehead atoms. The van der Waals surface area contributed by atoms with E-state index >= 15 is 0 Å². The minimum atomic E-state index is -3.02. The second-order valence-corrected chi connectivity index (χ2v) is 6.39. The van der Waals surface area contributed by atoms with Crippen LogP contribution in [0.4, 0.5) is 0 Å². The summed E-state index contributed by atoms with van der Waals surface area (Å²) in [6, 6.07) is 2.29. The van der Waals surface area contributed by atoms with Crippen LogP contribution in [0.2, 0.25) is 0 Å². The van der Waals surface area contributed by atoms with Gasteiger partial charge in [-0.2, -0.15) is 5.26 Å². The lowest BCUT2D eigenvalue weighted by Gasteiger charge is -2.30. The number of hydrogen-bond donors (Lipinski definition) is 0. The molecule has 1 saturated heterocycles. The Labute approximate surface area is 84.6 Å². The first-order valence-electron chi connectivity index (χ1n) is 4.83. The molecule has 0 unspecified atom stereocenters. The van der Waals surface area contributed by atoms with E-state index in [2.05, 4.69) is 6.07 Å². The molecule has 2 fully saturated rings. The Morgan fingerprint density at radius 3 is 2.36 bits per heavy atom. The number of piperidine rings is 1. The first kappa shape index (κ1) is 9.94. The van der Waals surface area contributed by atoms with E-state index in [0.29, 0.717) is 13.1 Å². The molecular formula is C9H14N2O2S. The molecule has 0 aromatic carbocycles. The molecule has 1 spiro atoms. The standard InChI is InChI=1S/C9H14N2O2S/c1-14(12,13)11-4-2-9(3-5-11)6-8(9)7-10/h8H,2-6H2,1H3/t8-/m1/s1. The van der Waals surface area contributed by atoms with E-state index in [1.54, 1.807) is 0 Å². The highest BCUT2D eigenvalue weighted by atomic mass is 32.2. The Hall–Kier alpha value is -0.600. The molecule has 14 heavy (non-hydrogen) atoms. The Bertz CT molecular complexity index is 374. The minimum Gasteiger partial charge on any atom is -0.213 e. The average Bonchev–Trinajstić information content (AvgIpc) is 2.78. The number of rotatable bonds is 1. The van der Waals surface area contributed by atoms with Crippen molar-refractivity contribution in [2.24, 2.45) is 11.3 Å². The minimum absolute atomic E-state index is 0.177. The van der Waals surface area contributed by atoms with Crippen molar-refractivity contribution in [1.29, 1.82) is 5.26 Å². The number of nitriles is 1. The molecule has 2 aliphatic rings. The van der Waals surface area contributed by atoms with Gasteiger partial charge in [0.1, 0.15) is 0 Å². The van der Waals surface area contributed by atoms with Crippen molar-refractivity contribution in [3.8, 4) is 6.07 Å². The Morgan fingerprint density at radius 1 is 1.43 bits per heavy atom. The Morgan fingerprint density at radius 2 is 2.00 bits per heavy atom. The van der Waals surface area contributed by atoms with E-state index in [1.165, 1.54) is 10.6 Å². The Balaban J connectivity index is 1.98. The van der Waals surface area contributed by atoms with E-state index in [9.17, 15) is 8.42 Å². The lowest BCUT2D eigenvalue weighted by molar-refractivity contribution is 0.250. The summed E-state index contributed by atoms with van der Waals surface area (Å²) in [4.78, 5) is 0. The van der Waals surface area contributed by atoms with Gasteiger partial charge in [0.05, 0.1) is 18.2 Å². The van der Waals surface area contributed by atoms with Gasteiger partial charge in [0.2, 0.25) is 10.0 Å². The van der Waals surface area contributed by atoms with Crippen LogP contribution in [0.5, 0.6) is 0 Å². The smallest absolute Gasteiger partial charge is 0.211 e. The Kier molecular flexibility index (Phi) is 2.09. The van der Waals surface area contributed by atoms with Gasteiger partial charge >= 0.3 is 0 Å². The van der Waals surface area contributed by atoms with Crippen LogP contribution in [-0.2, 0) is 10.0 Å². The van der Waals surface area contributed by atoms with Gasteiger partial charge < -0.3 is 0 Å². The number of nitrogens with zero attached hydrogens (tertiary/aromatic N) is 2. The third kappa shape index (κ3) is 1.53. The van der Waals surface area contributed by atoms with Gasteiger partial charge in [0, 0.05) is 13.1 Å². The summed E-state index contributed by atoms with van der Waals surface area (Å²) in [6.07, 6.45) is 3.94. The van der Waals surface area contributed by atoms with Crippen LogP contribution in [0.15, 0.2) is 0 Å². The molecule has 1 saturated carbocycles. The van der Waals surface area contributed by atoms with Gasteiger partial charge in [0.25, 0.3) is 0 Å². The van der Waals surface area contributed by atoms with Crippen LogP contribution in [0.1, 0.15) is 19.3 Å². The van der Waals surface area contributed by atoms with Gasteiger partial charge in [-0.3, -0.25) is 0 Å². The maximum atomic E-state index is 11.2. The first-order chi connectivity index (χ1) is 6.48. The second kappa shape index (κ2) is 2.94. The molecule has 1 heterocycles. The highest BCUT2D eigenvalue weighted by molar-refractivity contribution is 7.88. The molecule has 0 N–H and O–H groups in total. The van der Waals surface area contributed by atoms with Crippen molar-refractivity contribution in [2.45, 2.75) is 19.3 Å². The van der Waals surface area contributed by atoms with Gasteiger partial charge in [-0.05, 0) is 24.7 Å². The summed E-state index contributed by atoms with van der Waals surface area (Å²) in [6.45, 7) is 1.19. The number of sulfonamides is 1. The lowest BCUT2D eigenvalue weighted by atomic mass is 9.92. The van der Waals surface area contributed by atoms with Crippen molar-refractivity contribution in [1.82, 2.24) is 4.31 Å². The molecule has 0 aromatic heterocycles. The summed E-state index contributed by atoms with van der Waals surface area (Å²) in [5.41, 5.74) is 0.177.